The largest absolute Gasteiger partial charge is 0.461 e. The molecule has 0 atom stereocenters. The van der Waals surface area contributed by atoms with Gasteiger partial charge < -0.3 is 5.32 Å². The number of carbonyl (C=O) groups is 3. The monoisotopic (exact) mass is 358 g/mol. The minimum atomic E-state index is -4.26. The Morgan fingerprint density at radius 2 is 1.70 bits per heavy atom. The maximum Gasteiger partial charge on any atom is 0.461 e. The molecule has 1 aromatic carbocycles. The molecule has 1 aromatic rings. The van der Waals surface area contributed by atoms with Crippen molar-refractivity contribution in [2.45, 2.75) is 4.90 Å². The molecule has 0 aromatic heterocycles. The van der Waals surface area contributed by atoms with E-state index in [0.717, 1.165) is 0 Å². The highest BCUT2D eigenvalue weighted by Gasteiger charge is 2.61. The molecule has 1 heterocycles. The van der Waals surface area contributed by atoms with Gasteiger partial charge in [0, 0.05) is 11.5 Å². The Kier molecular flexibility index (Phi) is 3.70. The highest BCUT2D eigenvalue weighted by atomic mass is 79.9. The molecule has 0 spiro atoms. The van der Waals surface area contributed by atoms with Crippen LogP contribution in [0.2, 0.25) is 0 Å². The van der Waals surface area contributed by atoms with Gasteiger partial charge in [0.1, 0.15) is 0 Å². The third kappa shape index (κ3) is 2.14. The van der Waals surface area contributed by atoms with Gasteiger partial charge in [-0.1, -0.05) is 15.9 Å². The van der Waals surface area contributed by atoms with Crippen LogP contribution in [-0.4, -0.2) is 43.9 Å². The molecule has 3 amide bonds. The summed E-state index contributed by atoms with van der Waals surface area (Å²) in [4.78, 5) is 34.5. The predicted molar refractivity (Wildman–Crippen MR) is 74.2 cm³/mol. The first kappa shape index (κ1) is 14.7. The number of imide groups is 1. The van der Waals surface area contributed by atoms with Crippen LogP contribution < -0.4 is 5.32 Å². The number of nitrogens with zero attached hydrogens (tertiary/aromatic N) is 1. The number of benzene rings is 1. The van der Waals surface area contributed by atoms with Crippen molar-refractivity contribution in [1.29, 1.82) is 0 Å². The van der Waals surface area contributed by atoms with Gasteiger partial charge in [0.2, 0.25) is 11.6 Å². The summed E-state index contributed by atoms with van der Waals surface area (Å²) in [6, 6.07) is 5.45. The maximum absolute atomic E-state index is 12.1. The van der Waals surface area contributed by atoms with Gasteiger partial charge in [0.05, 0.1) is 4.90 Å². The van der Waals surface area contributed by atoms with E-state index in [1.165, 1.54) is 31.3 Å². The van der Waals surface area contributed by atoms with Crippen LogP contribution in [0, 0.1) is 0 Å². The molecular weight excluding hydrogens is 351 g/mol. The Bertz CT molecular complexity index is 687. The first-order valence-electron chi connectivity index (χ1n) is 5.41. The third-order valence-corrected chi connectivity index (χ3v) is 4.99. The summed E-state index contributed by atoms with van der Waals surface area (Å²) >= 11 is 3.15. The minimum absolute atomic E-state index is 0.121. The van der Waals surface area contributed by atoms with Crippen molar-refractivity contribution in [3.8, 4) is 0 Å². The van der Waals surface area contributed by atoms with Gasteiger partial charge in [-0.25, -0.2) is 8.42 Å². The summed E-state index contributed by atoms with van der Waals surface area (Å²) in [7, 11) is -3.00. The molecule has 1 aliphatic rings. The van der Waals surface area contributed by atoms with E-state index in [9.17, 15) is 22.8 Å². The quantitative estimate of drug-likeness (QED) is 0.820. The molecule has 0 radical (unpaired) electrons. The molecule has 0 unspecified atom stereocenters. The van der Waals surface area contributed by atoms with Crippen LogP contribution in [-0.2, 0) is 10.0 Å². The van der Waals surface area contributed by atoms with E-state index in [2.05, 4.69) is 21.2 Å². The molecule has 104 valence electrons. The van der Waals surface area contributed by atoms with E-state index < -0.39 is 34.2 Å². The first-order chi connectivity index (χ1) is 9.30. The second-order valence-corrected chi connectivity index (χ2v) is 6.65. The number of sulfonamides is 1. The number of hydrogen-bond acceptors (Lipinski definition) is 5. The molecule has 0 aliphatic carbocycles. The van der Waals surface area contributed by atoms with Crippen molar-refractivity contribution < 1.29 is 22.8 Å². The fraction of sp³-hybridized carbons (Fsp3) is 0.100. The van der Waals surface area contributed by atoms with Gasteiger partial charge in [-0.2, -0.15) is 4.31 Å². The average molecular weight is 359 g/mol. The summed E-state index contributed by atoms with van der Waals surface area (Å²) in [6.45, 7) is -1.58. The molecule has 1 aliphatic heterocycles. The zero-order valence-electron chi connectivity index (χ0n) is 10.2. The number of amides is 3. The molecule has 7 nitrogen and oxygen atoms in total. The molecule has 0 bridgehead atoms. The van der Waals surface area contributed by atoms with Crippen molar-refractivity contribution in [2.24, 2.45) is 0 Å². The number of nitrogens with one attached hydrogen (secondary N) is 1. The minimum Gasteiger partial charge on any atom is -0.367 e. The van der Waals surface area contributed by atoms with Crippen LogP contribution >= 0.6 is 15.9 Å². The number of rotatable bonds is 3. The standard InChI is InChI=1S/C10H8BBrN2O5S/c1-13-8(15)11-9(16)14(10(11)17)20(18,19)7-4-2-6(12)3-5-7/h2-5H,1H3,(H,13,15). The lowest BCUT2D eigenvalue weighted by molar-refractivity contribution is 0.221. The van der Waals surface area contributed by atoms with Crippen LogP contribution in [0.15, 0.2) is 33.6 Å². The number of carbonyl (C=O) groups excluding carboxylic acids is 3. The van der Waals surface area contributed by atoms with Gasteiger partial charge in [0.25, 0.3) is 10.0 Å². The van der Waals surface area contributed by atoms with E-state index in [-0.39, 0.29) is 9.20 Å². The molecule has 1 fully saturated rings. The van der Waals surface area contributed by atoms with Crippen LogP contribution in [0.1, 0.15) is 0 Å². The Morgan fingerprint density at radius 1 is 1.20 bits per heavy atom. The molecular formula is C10H8BBrN2O5S. The molecule has 1 N–H and O–H groups in total. The number of halogens is 1. The number of hydrogen-bond donors (Lipinski definition) is 1. The summed E-state index contributed by atoms with van der Waals surface area (Å²) in [5, 5.41) is 2.14. The van der Waals surface area contributed by atoms with Crippen LogP contribution in [0.5, 0.6) is 0 Å². The Balaban J connectivity index is 2.34. The van der Waals surface area contributed by atoms with E-state index >= 15 is 0 Å². The molecule has 10 heteroatoms. The summed E-state index contributed by atoms with van der Waals surface area (Å²) in [5.74, 6) is -2.91. The second kappa shape index (κ2) is 5.02. The van der Waals surface area contributed by atoms with Crippen LogP contribution in [0.25, 0.3) is 0 Å². The summed E-state index contributed by atoms with van der Waals surface area (Å²) in [6.07, 6.45) is 0. The van der Waals surface area contributed by atoms with Gasteiger partial charge in [0.15, 0.2) is 5.81 Å². The summed E-state index contributed by atoms with van der Waals surface area (Å²) in [5.41, 5.74) is 0. The van der Waals surface area contributed by atoms with Gasteiger partial charge in [-0.15, -0.1) is 0 Å². The highest BCUT2D eigenvalue weighted by molar-refractivity contribution is 9.10. The van der Waals surface area contributed by atoms with Gasteiger partial charge in [-0.3, -0.25) is 14.4 Å². The van der Waals surface area contributed by atoms with E-state index in [0.29, 0.717) is 4.47 Å². The molecule has 0 saturated carbocycles. The maximum atomic E-state index is 12.1. The topological polar surface area (TPSA) is 101 Å². The van der Waals surface area contributed by atoms with E-state index in [1.807, 2.05) is 0 Å². The average Bonchev–Trinajstić information content (AvgIpc) is 2.38. The van der Waals surface area contributed by atoms with Crippen molar-refractivity contribution in [3.63, 3.8) is 0 Å². The van der Waals surface area contributed by atoms with Crippen molar-refractivity contribution in [2.75, 3.05) is 7.05 Å². The predicted octanol–water partition coefficient (Wildman–Crippen LogP) is 1.27. The third-order valence-electron chi connectivity index (χ3n) is 2.75. The van der Waals surface area contributed by atoms with Crippen molar-refractivity contribution >= 4 is 50.1 Å². The second-order valence-electron chi connectivity index (χ2n) is 3.95. The van der Waals surface area contributed by atoms with Gasteiger partial charge in [-0.05, 0) is 24.3 Å². The molecule has 2 rings (SSSR count). The fourth-order valence-electron chi connectivity index (χ4n) is 1.70. The normalized spacial score (nSPS) is 15.1. The SMILES string of the molecule is CNC(=O)B1C(=O)N(S(=O)(=O)c2ccc(Br)cc2)C1=O. The Hall–Kier alpha value is -1.68. The van der Waals surface area contributed by atoms with E-state index in [1.54, 1.807) is 0 Å². The molecule has 1 saturated heterocycles. The smallest absolute Gasteiger partial charge is 0.367 e. The Morgan fingerprint density at radius 3 is 2.15 bits per heavy atom. The van der Waals surface area contributed by atoms with E-state index in [4.69, 9.17) is 0 Å². The zero-order valence-corrected chi connectivity index (χ0v) is 12.6. The fourth-order valence-corrected chi connectivity index (χ4v) is 3.34. The van der Waals surface area contributed by atoms with Crippen molar-refractivity contribution in [3.05, 3.63) is 28.7 Å². The lowest BCUT2D eigenvalue weighted by Crippen LogP contribution is -2.70. The van der Waals surface area contributed by atoms with Gasteiger partial charge >= 0.3 is 6.71 Å². The zero-order chi connectivity index (χ0) is 15.1. The molecule has 20 heavy (non-hydrogen) atoms. The lowest BCUT2D eigenvalue weighted by atomic mass is 9.41. The van der Waals surface area contributed by atoms with Crippen LogP contribution in [0.4, 0.5) is 14.4 Å². The first-order valence-corrected chi connectivity index (χ1v) is 7.64. The van der Waals surface area contributed by atoms with Crippen molar-refractivity contribution in [1.82, 2.24) is 9.62 Å². The highest BCUT2D eigenvalue weighted by Crippen LogP contribution is 2.26. The Labute approximate surface area is 123 Å². The van der Waals surface area contributed by atoms with Crippen LogP contribution in [0.3, 0.4) is 0 Å². The lowest BCUT2D eigenvalue weighted by Gasteiger charge is -2.31. The summed E-state index contributed by atoms with van der Waals surface area (Å²) < 4.78 is 25.1.